The number of pyridine rings is 1. The van der Waals surface area contributed by atoms with E-state index in [2.05, 4.69) is 15.3 Å². The zero-order valence-electron chi connectivity index (χ0n) is 8.10. The lowest BCUT2D eigenvalue weighted by Crippen LogP contribution is -1.93. The molecule has 0 spiro atoms. The Balaban J connectivity index is 2.14. The van der Waals surface area contributed by atoms with E-state index in [-0.39, 0.29) is 0 Å². The van der Waals surface area contributed by atoms with Gasteiger partial charge in [-0.2, -0.15) is 0 Å². The molecule has 2 rings (SSSR count). The first kappa shape index (κ1) is 9.79. The molecule has 0 aromatic carbocycles. The van der Waals surface area contributed by atoms with Gasteiger partial charge in [-0.15, -0.1) is 11.3 Å². The summed E-state index contributed by atoms with van der Waals surface area (Å²) in [6.07, 6.45) is 2.29. The SMILES string of the molecule is Cc1csc(Nc2ccc(C=O)cn2)n1. The second-order valence-corrected chi connectivity index (χ2v) is 3.87. The topological polar surface area (TPSA) is 54.9 Å². The Morgan fingerprint density at radius 3 is 2.87 bits per heavy atom. The maximum Gasteiger partial charge on any atom is 0.188 e. The predicted octanol–water partition coefficient (Wildman–Crippen LogP) is 2.40. The van der Waals surface area contributed by atoms with Crippen LogP contribution in [0.15, 0.2) is 23.7 Å². The molecule has 0 amide bonds. The molecule has 0 unspecified atom stereocenters. The van der Waals surface area contributed by atoms with Gasteiger partial charge in [0.15, 0.2) is 11.4 Å². The van der Waals surface area contributed by atoms with Gasteiger partial charge in [-0.1, -0.05) is 0 Å². The van der Waals surface area contributed by atoms with Crippen molar-refractivity contribution in [1.29, 1.82) is 0 Å². The lowest BCUT2D eigenvalue weighted by Gasteiger charge is -2.00. The molecule has 0 atom stereocenters. The number of thiazole rings is 1. The highest BCUT2D eigenvalue weighted by molar-refractivity contribution is 7.13. The molecule has 0 aliphatic rings. The van der Waals surface area contributed by atoms with Gasteiger partial charge in [0.25, 0.3) is 0 Å². The molecule has 5 heteroatoms. The second kappa shape index (κ2) is 4.18. The molecule has 2 aromatic rings. The summed E-state index contributed by atoms with van der Waals surface area (Å²) in [5.41, 5.74) is 1.54. The number of hydrogen-bond donors (Lipinski definition) is 1. The smallest absolute Gasteiger partial charge is 0.188 e. The number of aromatic nitrogens is 2. The van der Waals surface area contributed by atoms with Gasteiger partial charge in [-0.25, -0.2) is 9.97 Å². The van der Waals surface area contributed by atoms with E-state index >= 15 is 0 Å². The molecule has 0 aliphatic carbocycles. The maximum absolute atomic E-state index is 10.4. The number of hydrogen-bond acceptors (Lipinski definition) is 5. The van der Waals surface area contributed by atoms with Crippen LogP contribution >= 0.6 is 11.3 Å². The molecular formula is C10H9N3OS. The third-order valence-electron chi connectivity index (χ3n) is 1.78. The van der Waals surface area contributed by atoms with Crippen molar-refractivity contribution in [3.05, 3.63) is 35.0 Å². The van der Waals surface area contributed by atoms with Crippen LogP contribution in [-0.4, -0.2) is 16.3 Å². The lowest BCUT2D eigenvalue weighted by molar-refractivity contribution is 0.112. The summed E-state index contributed by atoms with van der Waals surface area (Å²) in [6.45, 7) is 1.94. The largest absolute Gasteiger partial charge is 0.316 e. The van der Waals surface area contributed by atoms with Crippen LogP contribution in [0.5, 0.6) is 0 Å². The van der Waals surface area contributed by atoms with Gasteiger partial charge in [0.05, 0.1) is 5.69 Å². The van der Waals surface area contributed by atoms with Gasteiger partial charge in [0.2, 0.25) is 0 Å². The van der Waals surface area contributed by atoms with Gasteiger partial charge < -0.3 is 5.32 Å². The molecule has 4 nitrogen and oxygen atoms in total. The number of nitrogens with zero attached hydrogens (tertiary/aromatic N) is 2. The first-order valence-electron chi connectivity index (χ1n) is 4.38. The Hall–Kier alpha value is -1.75. The standard InChI is InChI=1S/C10H9N3OS/c1-7-6-15-10(12-7)13-9-3-2-8(5-14)4-11-9/h2-6H,1H3,(H,11,12,13). The van der Waals surface area contributed by atoms with Crippen molar-refractivity contribution in [1.82, 2.24) is 9.97 Å². The fourth-order valence-electron chi connectivity index (χ4n) is 1.07. The summed E-state index contributed by atoms with van der Waals surface area (Å²) >= 11 is 1.52. The van der Waals surface area contributed by atoms with E-state index in [9.17, 15) is 4.79 Å². The van der Waals surface area contributed by atoms with Gasteiger partial charge in [0.1, 0.15) is 5.82 Å². The van der Waals surface area contributed by atoms with Gasteiger partial charge in [0, 0.05) is 17.1 Å². The van der Waals surface area contributed by atoms with Crippen molar-refractivity contribution in [3.63, 3.8) is 0 Å². The Kier molecular flexibility index (Phi) is 2.73. The molecule has 76 valence electrons. The minimum Gasteiger partial charge on any atom is -0.316 e. The molecule has 0 bridgehead atoms. The Bertz CT molecular complexity index is 464. The van der Waals surface area contributed by atoms with Crippen LogP contribution in [0.4, 0.5) is 10.9 Å². The van der Waals surface area contributed by atoms with E-state index in [1.54, 1.807) is 12.1 Å². The minimum atomic E-state index is 0.566. The molecule has 15 heavy (non-hydrogen) atoms. The van der Waals surface area contributed by atoms with Crippen molar-refractivity contribution < 1.29 is 4.79 Å². The van der Waals surface area contributed by atoms with Crippen LogP contribution in [0.2, 0.25) is 0 Å². The van der Waals surface area contributed by atoms with Crippen LogP contribution in [0, 0.1) is 6.92 Å². The van der Waals surface area contributed by atoms with Crippen molar-refractivity contribution in [3.8, 4) is 0 Å². The van der Waals surface area contributed by atoms with Crippen molar-refractivity contribution >= 4 is 28.6 Å². The van der Waals surface area contributed by atoms with Crippen LogP contribution < -0.4 is 5.32 Å². The molecule has 0 radical (unpaired) electrons. The molecule has 2 aromatic heterocycles. The fourth-order valence-corrected chi connectivity index (χ4v) is 1.76. The highest BCUT2D eigenvalue weighted by Gasteiger charge is 1.99. The molecule has 0 saturated heterocycles. The fraction of sp³-hybridized carbons (Fsp3) is 0.100. The minimum absolute atomic E-state index is 0.566. The Morgan fingerprint density at radius 1 is 1.47 bits per heavy atom. The number of carbonyl (C=O) groups excluding carboxylic acids is 1. The Morgan fingerprint density at radius 2 is 2.33 bits per heavy atom. The average Bonchev–Trinajstić information content (AvgIpc) is 2.65. The van der Waals surface area contributed by atoms with E-state index in [4.69, 9.17) is 0 Å². The lowest BCUT2D eigenvalue weighted by atomic mass is 10.3. The van der Waals surface area contributed by atoms with E-state index in [0.29, 0.717) is 11.4 Å². The molecule has 1 N–H and O–H groups in total. The number of nitrogens with one attached hydrogen (secondary N) is 1. The molecule has 2 heterocycles. The number of aldehydes is 1. The average molecular weight is 219 g/mol. The van der Waals surface area contributed by atoms with E-state index in [0.717, 1.165) is 17.1 Å². The van der Waals surface area contributed by atoms with E-state index in [1.165, 1.54) is 17.5 Å². The molecular weight excluding hydrogens is 210 g/mol. The normalized spacial score (nSPS) is 9.93. The highest BCUT2D eigenvalue weighted by atomic mass is 32.1. The van der Waals surface area contributed by atoms with Crippen molar-refractivity contribution in [2.75, 3.05) is 5.32 Å². The van der Waals surface area contributed by atoms with Crippen molar-refractivity contribution in [2.24, 2.45) is 0 Å². The summed E-state index contributed by atoms with van der Waals surface area (Å²) in [4.78, 5) is 18.7. The van der Waals surface area contributed by atoms with Crippen molar-refractivity contribution in [2.45, 2.75) is 6.92 Å². The summed E-state index contributed by atoms with van der Waals surface area (Å²) in [5.74, 6) is 0.690. The summed E-state index contributed by atoms with van der Waals surface area (Å²) in [7, 11) is 0. The van der Waals surface area contributed by atoms with E-state index in [1.807, 2.05) is 12.3 Å². The monoisotopic (exact) mass is 219 g/mol. The molecule has 0 aliphatic heterocycles. The van der Waals surface area contributed by atoms with Gasteiger partial charge in [-0.05, 0) is 19.1 Å². The zero-order chi connectivity index (χ0) is 10.7. The van der Waals surface area contributed by atoms with Gasteiger partial charge >= 0.3 is 0 Å². The van der Waals surface area contributed by atoms with Crippen LogP contribution in [-0.2, 0) is 0 Å². The molecule has 0 saturated carbocycles. The van der Waals surface area contributed by atoms with Crippen LogP contribution in [0.3, 0.4) is 0 Å². The van der Waals surface area contributed by atoms with Crippen LogP contribution in [0.1, 0.15) is 16.1 Å². The van der Waals surface area contributed by atoms with Gasteiger partial charge in [-0.3, -0.25) is 4.79 Å². The van der Waals surface area contributed by atoms with Crippen LogP contribution in [0.25, 0.3) is 0 Å². The number of rotatable bonds is 3. The first-order chi connectivity index (χ1) is 7.28. The molecule has 0 fully saturated rings. The Labute approximate surface area is 91.0 Å². The predicted molar refractivity (Wildman–Crippen MR) is 59.8 cm³/mol. The zero-order valence-corrected chi connectivity index (χ0v) is 8.91. The first-order valence-corrected chi connectivity index (χ1v) is 5.26. The summed E-state index contributed by atoms with van der Waals surface area (Å²) in [5, 5.41) is 5.82. The summed E-state index contributed by atoms with van der Waals surface area (Å²) in [6, 6.07) is 3.46. The third kappa shape index (κ3) is 2.38. The van der Waals surface area contributed by atoms with E-state index < -0.39 is 0 Å². The maximum atomic E-state index is 10.4. The number of aryl methyl sites for hydroxylation is 1. The third-order valence-corrected chi connectivity index (χ3v) is 2.65. The highest BCUT2D eigenvalue weighted by Crippen LogP contribution is 2.18. The second-order valence-electron chi connectivity index (χ2n) is 3.01. The summed E-state index contributed by atoms with van der Waals surface area (Å²) < 4.78 is 0. The number of anilines is 2. The quantitative estimate of drug-likeness (QED) is 0.805. The number of carbonyl (C=O) groups is 1.